The fraction of sp³-hybridized carbons (Fsp3) is 0.412. The molecule has 0 aliphatic carbocycles. The molecule has 3 rings (SSSR count). The van der Waals surface area contributed by atoms with Crippen LogP contribution in [0.25, 0.3) is 0 Å². The summed E-state index contributed by atoms with van der Waals surface area (Å²) < 4.78 is 3.44. The third-order valence-corrected chi connectivity index (χ3v) is 4.74. The minimum absolute atomic E-state index is 0.429. The van der Waals surface area contributed by atoms with Gasteiger partial charge in [0.05, 0.1) is 6.04 Å². The number of rotatable bonds is 4. The molecule has 2 aromatic rings. The topological polar surface area (TPSA) is 21.1 Å². The SMILES string of the molecule is CN1CC[CH]CC1c1nccn1CCc1ccc(Br)cc1. The lowest BCUT2D eigenvalue weighted by Crippen LogP contribution is -2.32. The molecule has 3 nitrogen and oxygen atoms in total. The third-order valence-electron chi connectivity index (χ3n) is 4.21. The molecule has 1 aliphatic rings. The van der Waals surface area contributed by atoms with E-state index in [0.717, 1.165) is 30.4 Å². The minimum Gasteiger partial charge on any atom is -0.333 e. The van der Waals surface area contributed by atoms with Gasteiger partial charge in [0, 0.05) is 23.4 Å². The van der Waals surface area contributed by atoms with Crippen molar-refractivity contribution in [3.63, 3.8) is 0 Å². The highest BCUT2D eigenvalue weighted by Crippen LogP contribution is 2.27. The molecule has 1 radical (unpaired) electrons. The van der Waals surface area contributed by atoms with E-state index in [2.05, 4.69) is 74.3 Å². The van der Waals surface area contributed by atoms with Crippen molar-refractivity contribution >= 4 is 15.9 Å². The summed E-state index contributed by atoms with van der Waals surface area (Å²) in [6.07, 6.45) is 9.75. The van der Waals surface area contributed by atoms with Crippen LogP contribution in [0.3, 0.4) is 0 Å². The van der Waals surface area contributed by atoms with Gasteiger partial charge in [-0.2, -0.15) is 0 Å². The van der Waals surface area contributed by atoms with Gasteiger partial charge in [0.15, 0.2) is 0 Å². The number of benzene rings is 1. The largest absolute Gasteiger partial charge is 0.333 e. The summed E-state index contributed by atoms with van der Waals surface area (Å²) in [6, 6.07) is 9.00. The molecule has 0 bridgehead atoms. The number of halogens is 1. The maximum atomic E-state index is 4.61. The van der Waals surface area contributed by atoms with E-state index < -0.39 is 0 Å². The van der Waals surface area contributed by atoms with Crippen molar-refractivity contribution in [2.45, 2.75) is 31.8 Å². The Morgan fingerprint density at radius 2 is 2.10 bits per heavy atom. The van der Waals surface area contributed by atoms with Gasteiger partial charge in [0.1, 0.15) is 5.82 Å². The third kappa shape index (κ3) is 3.55. The van der Waals surface area contributed by atoms with Crippen molar-refractivity contribution in [2.75, 3.05) is 13.6 Å². The van der Waals surface area contributed by atoms with E-state index in [1.54, 1.807) is 0 Å². The highest BCUT2D eigenvalue weighted by atomic mass is 79.9. The fourth-order valence-corrected chi connectivity index (χ4v) is 3.18. The first-order chi connectivity index (χ1) is 10.2. The maximum absolute atomic E-state index is 4.61. The van der Waals surface area contributed by atoms with Crippen molar-refractivity contribution in [1.82, 2.24) is 14.5 Å². The number of hydrogen-bond donors (Lipinski definition) is 0. The molecule has 0 amide bonds. The summed E-state index contributed by atoms with van der Waals surface area (Å²) in [6.45, 7) is 2.12. The standard InChI is InChI=1S/C17H21BrN3/c1-20-11-3-2-4-16(20)17-19-10-13-21(17)12-9-14-5-7-15(18)8-6-14/h2,5-8,10,13,16H,3-4,9,11-12H2,1H3. The highest BCUT2D eigenvalue weighted by Gasteiger charge is 2.24. The molecule has 1 fully saturated rings. The molecular formula is C17H21BrN3. The predicted molar refractivity (Wildman–Crippen MR) is 89.0 cm³/mol. The van der Waals surface area contributed by atoms with E-state index in [-0.39, 0.29) is 0 Å². The van der Waals surface area contributed by atoms with Crippen LogP contribution < -0.4 is 0 Å². The lowest BCUT2D eigenvalue weighted by molar-refractivity contribution is 0.202. The zero-order chi connectivity index (χ0) is 14.7. The second kappa shape index (κ2) is 6.75. The van der Waals surface area contributed by atoms with Gasteiger partial charge in [0.2, 0.25) is 0 Å². The Kier molecular flexibility index (Phi) is 4.76. The van der Waals surface area contributed by atoms with Gasteiger partial charge in [-0.15, -0.1) is 0 Å². The summed E-state index contributed by atoms with van der Waals surface area (Å²) in [4.78, 5) is 7.03. The smallest absolute Gasteiger partial charge is 0.126 e. The average Bonchev–Trinajstić information content (AvgIpc) is 2.95. The second-order valence-electron chi connectivity index (χ2n) is 5.66. The van der Waals surface area contributed by atoms with Crippen molar-refractivity contribution in [1.29, 1.82) is 0 Å². The van der Waals surface area contributed by atoms with Gasteiger partial charge >= 0.3 is 0 Å². The molecule has 1 aromatic carbocycles. The Morgan fingerprint density at radius 3 is 2.86 bits per heavy atom. The van der Waals surface area contributed by atoms with Gasteiger partial charge in [-0.05, 0) is 57.0 Å². The Bertz CT molecular complexity index is 576. The van der Waals surface area contributed by atoms with E-state index >= 15 is 0 Å². The first-order valence-corrected chi connectivity index (χ1v) is 8.31. The summed E-state index contributed by atoms with van der Waals surface area (Å²) in [5, 5.41) is 0. The van der Waals surface area contributed by atoms with Crippen molar-refractivity contribution in [3.8, 4) is 0 Å². The molecule has 0 N–H and O–H groups in total. The molecule has 0 spiro atoms. The number of likely N-dealkylation sites (tertiary alicyclic amines) is 1. The summed E-state index contributed by atoms with van der Waals surface area (Å²) >= 11 is 3.48. The van der Waals surface area contributed by atoms with E-state index in [0.29, 0.717) is 6.04 Å². The quantitative estimate of drug-likeness (QED) is 0.838. The van der Waals surface area contributed by atoms with Crippen LogP contribution >= 0.6 is 15.9 Å². The minimum atomic E-state index is 0.429. The van der Waals surface area contributed by atoms with E-state index in [1.807, 2.05) is 6.20 Å². The number of nitrogens with zero attached hydrogens (tertiary/aromatic N) is 3. The zero-order valence-electron chi connectivity index (χ0n) is 12.4. The van der Waals surface area contributed by atoms with Gasteiger partial charge in [-0.3, -0.25) is 4.90 Å². The normalized spacial score (nSPS) is 19.8. The Balaban J connectivity index is 1.69. The molecular weight excluding hydrogens is 326 g/mol. The molecule has 21 heavy (non-hydrogen) atoms. The van der Waals surface area contributed by atoms with Crippen LogP contribution in [0.5, 0.6) is 0 Å². The van der Waals surface area contributed by atoms with Crippen LogP contribution in [-0.2, 0) is 13.0 Å². The average molecular weight is 347 g/mol. The second-order valence-corrected chi connectivity index (χ2v) is 6.58. The van der Waals surface area contributed by atoms with Crippen LogP contribution in [0.15, 0.2) is 41.1 Å². The number of imidazole rings is 1. The molecule has 1 unspecified atom stereocenters. The molecule has 1 atom stereocenters. The Hall–Kier alpha value is -1.13. The molecule has 111 valence electrons. The van der Waals surface area contributed by atoms with E-state index in [4.69, 9.17) is 0 Å². The van der Waals surface area contributed by atoms with Gasteiger partial charge in [-0.25, -0.2) is 4.98 Å². The monoisotopic (exact) mass is 346 g/mol. The highest BCUT2D eigenvalue weighted by molar-refractivity contribution is 9.10. The van der Waals surface area contributed by atoms with Gasteiger partial charge in [0.25, 0.3) is 0 Å². The Morgan fingerprint density at radius 1 is 1.29 bits per heavy atom. The number of piperidine rings is 1. The van der Waals surface area contributed by atoms with Crippen molar-refractivity contribution < 1.29 is 0 Å². The van der Waals surface area contributed by atoms with E-state index in [9.17, 15) is 0 Å². The maximum Gasteiger partial charge on any atom is 0.126 e. The molecule has 1 aromatic heterocycles. The predicted octanol–water partition coefficient (Wildman–Crippen LogP) is 3.86. The summed E-state index contributed by atoms with van der Waals surface area (Å²) in [7, 11) is 2.20. The van der Waals surface area contributed by atoms with Crippen LogP contribution in [0, 0.1) is 6.42 Å². The molecule has 0 saturated carbocycles. The van der Waals surface area contributed by atoms with Crippen LogP contribution in [0.1, 0.15) is 30.3 Å². The van der Waals surface area contributed by atoms with Gasteiger partial charge < -0.3 is 4.57 Å². The molecule has 1 aliphatic heterocycles. The molecule has 2 heterocycles. The number of hydrogen-bond acceptors (Lipinski definition) is 2. The lowest BCUT2D eigenvalue weighted by atomic mass is 10.0. The number of aryl methyl sites for hydroxylation is 2. The first kappa shape index (κ1) is 14.8. The zero-order valence-corrected chi connectivity index (χ0v) is 14.0. The van der Waals surface area contributed by atoms with Crippen LogP contribution in [0.4, 0.5) is 0 Å². The number of aromatic nitrogens is 2. The van der Waals surface area contributed by atoms with Crippen LogP contribution in [0.2, 0.25) is 0 Å². The summed E-state index contributed by atoms with van der Waals surface area (Å²) in [5.74, 6) is 1.20. The lowest BCUT2D eigenvalue weighted by Gasteiger charge is -2.32. The molecule has 4 heteroatoms. The summed E-state index contributed by atoms with van der Waals surface area (Å²) in [5.41, 5.74) is 1.36. The van der Waals surface area contributed by atoms with Gasteiger partial charge in [-0.1, -0.05) is 28.1 Å². The van der Waals surface area contributed by atoms with Crippen molar-refractivity contribution in [2.24, 2.45) is 0 Å². The van der Waals surface area contributed by atoms with E-state index in [1.165, 1.54) is 17.8 Å². The first-order valence-electron chi connectivity index (χ1n) is 7.51. The molecule has 1 saturated heterocycles. The Labute approximate surface area is 135 Å². The van der Waals surface area contributed by atoms with Crippen LogP contribution in [-0.4, -0.2) is 28.0 Å². The fourth-order valence-electron chi connectivity index (χ4n) is 2.92. The van der Waals surface area contributed by atoms with Crippen molar-refractivity contribution in [3.05, 3.63) is 58.9 Å².